The molecule has 3 aliphatic rings. The van der Waals surface area contributed by atoms with Crippen molar-refractivity contribution in [3.05, 3.63) is 40.6 Å². The van der Waals surface area contributed by atoms with E-state index in [0.29, 0.717) is 13.0 Å². The van der Waals surface area contributed by atoms with E-state index in [2.05, 4.69) is 18.2 Å². The zero-order chi connectivity index (χ0) is 13.1. The lowest BCUT2D eigenvalue weighted by Gasteiger charge is -2.65. The van der Waals surface area contributed by atoms with Crippen LogP contribution in [0.25, 0.3) is 0 Å². The van der Waals surface area contributed by atoms with Crippen LogP contribution in [0.5, 0.6) is 0 Å². The fraction of sp³-hybridized carbons (Fsp3) is 0.625. The molecule has 1 heterocycles. The van der Waals surface area contributed by atoms with Crippen LogP contribution in [0.1, 0.15) is 43.2 Å². The van der Waals surface area contributed by atoms with Crippen LogP contribution in [-0.4, -0.2) is 28.4 Å². The molecule has 1 aliphatic heterocycles. The van der Waals surface area contributed by atoms with E-state index in [9.17, 15) is 10.3 Å². The van der Waals surface area contributed by atoms with Crippen molar-refractivity contribution in [1.82, 2.24) is 5.06 Å². The van der Waals surface area contributed by atoms with Crippen LogP contribution in [0, 0.1) is 5.21 Å². The molecule has 0 spiro atoms. The maximum Gasteiger partial charge on any atom is 0.0893 e. The molecule has 4 rings (SSSR count). The van der Waals surface area contributed by atoms with Crippen LogP contribution in [0.15, 0.2) is 24.3 Å². The third-order valence-electron chi connectivity index (χ3n) is 5.84. The van der Waals surface area contributed by atoms with Crippen LogP contribution < -0.4 is 0 Å². The van der Waals surface area contributed by atoms with E-state index in [4.69, 9.17) is 0 Å². The highest BCUT2D eigenvalue weighted by molar-refractivity contribution is 5.44. The Morgan fingerprint density at radius 2 is 1.95 bits per heavy atom. The molecule has 0 amide bonds. The van der Waals surface area contributed by atoms with E-state index in [1.54, 1.807) is 0 Å². The Hall–Kier alpha value is -0.900. The summed E-state index contributed by atoms with van der Waals surface area (Å²) in [4.78, 5) is 0. The molecule has 1 aromatic carbocycles. The van der Waals surface area contributed by atoms with Gasteiger partial charge >= 0.3 is 0 Å². The van der Waals surface area contributed by atoms with Gasteiger partial charge in [0, 0.05) is 11.5 Å². The van der Waals surface area contributed by atoms with Crippen LogP contribution >= 0.6 is 0 Å². The molecule has 1 saturated carbocycles. The number of piperidine rings is 1. The average Bonchev–Trinajstić information content (AvgIpc) is 2.43. The summed E-state index contributed by atoms with van der Waals surface area (Å²) in [5.41, 5.74) is 1.63. The number of aliphatic hydroxyl groups is 1. The number of benzene rings is 1. The molecule has 0 radical (unpaired) electrons. The van der Waals surface area contributed by atoms with Crippen LogP contribution in [0.3, 0.4) is 0 Å². The first-order chi connectivity index (χ1) is 9.17. The van der Waals surface area contributed by atoms with Gasteiger partial charge in [0.2, 0.25) is 0 Å². The number of hydroxylamine groups is 2. The van der Waals surface area contributed by atoms with Gasteiger partial charge in [-0.1, -0.05) is 37.1 Å². The highest BCUT2D eigenvalue weighted by Crippen LogP contribution is 2.57. The van der Waals surface area contributed by atoms with Crippen molar-refractivity contribution < 1.29 is 5.11 Å². The van der Waals surface area contributed by atoms with Crippen molar-refractivity contribution in [3.63, 3.8) is 0 Å². The van der Waals surface area contributed by atoms with Crippen molar-refractivity contribution in [2.24, 2.45) is 0 Å². The maximum absolute atomic E-state index is 12.2. The van der Waals surface area contributed by atoms with Crippen molar-refractivity contribution in [2.75, 3.05) is 6.54 Å². The lowest BCUT2D eigenvalue weighted by molar-refractivity contribution is -0.155. The van der Waals surface area contributed by atoms with Gasteiger partial charge < -0.3 is 15.4 Å². The summed E-state index contributed by atoms with van der Waals surface area (Å²) in [6, 6.07) is 8.20. The second-order valence-corrected chi connectivity index (χ2v) is 6.48. The molecule has 3 nitrogen and oxygen atoms in total. The predicted molar refractivity (Wildman–Crippen MR) is 73.7 cm³/mol. The van der Waals surface area contributed by atoms with Gasteiger partial charge in [-0.2, -0.15) is 0 Å². The molecule has 3 atom stereocenters. The van der Waals surface area contributed by atoms with Gasteiger partial charge in [-0.3, -0.25) is 0 Å². The van der Waals surface area contributed by atoms with Gasteiger partial charge in [0.25, 0.3) is 0 Å². The van der Waals surface area contributed by atoms with Crippen molar-refractivity contribution in [1.29, 1.82) is 0 Å². The van der Waals surface area contributed by atoms with Crippen molar-refractivity contribution in [3.8, 4) is 0 Å². The third-order valence-corrected chi connectivity index (χ3v) is 5.84. The summed E-state index contributed by atoms with van der Waals surface area (Å²) in [6.07, 6.45) is 5.54. The fourth-order valence-corrected chi connectivity index (χ4v) is 4.95. The molecular weight excluding hydrogens is 238 g/mol. The summed E-state index contributed by atoms with van der Waals surface area (Å²) >= 11 is 0. The lowest BCUT2D eigenvalue weighted by atomic mass is 9.50. The second kappa shape index (κ2) is 3.81. The Balaban J connectivity index is 1.96. The molecule has 2 aliphatic carbocycles. The Kier molecular flexibility index (Phi) is 2.39. The number of rotatable bonds is 0. The predicted octanol–water partition coefficient (Wildman–Crippen LogP) is 2.36. The Bertz CT molecular complexity index is 517. The number of hydrogen-bond donors (Lipinski definition) is 1. The number of fused-ring (bicyclic) bond motifs is 1. The SMILES string of the molecule is [O-]N1CC[C@]23CCCC[C@@]2(O)[C@H]1Cc1ccccc13. The third kappa shape index (κ3) is 1.33. The number of nitrogens with zero attached hydrogens (tertiary/aromatic N) is 1. The van der Waals surface area contributed by atoms with Gasteiger partial charge in [-0.05, 0) is 43.4 Å². The fourth-order valence-electron chi connectivity index (χ4n) is 4.95. The van der Waals surface area contributed by atoms with Crippen LogP contribution in [-0.2, 0) is 11.8 Å². The first-order valence-corrected chi connectivity index (χ1v) is 7.42. The molecule has 19 heavy (non-hydrogen) atoms. The van der Waals surface area contributed by atoms with Gasteiger partial charge in [0.05, 0.1) is 5.60 Å². The van der Waals surface area contributed by atoms with Gasteiger partial charge in [0.1, 0.15) is 0 Å². The summed E-state index contributed by atoms with van der Waals surface area (Å²) in [7, 11) is 0. The molecule has 1 N–H and O–H groups in total. The monoisotopic (exact) mass is 258 g/mol. The van der Waals surface area contributed by atoms with E-state index in [-0.39, 0.29) is 11.5 Å². The van der Waals surface area contributed by atoms with Gasteiger partial charge in [-0.15, -0.1) is 0 Å². The Labute approximate surface area is 113 Å². The summed E-state index contributed by atoms with van der Waals surface area (Å²) in [6.45, 7) is 0.571. The minimum atomic E-state index is -0.806. The summed E-state index contributed by atoms with van der Waals surface area (Å²) in [5, 5.41) is 24.7. The lowest BCUT2D eigenvalue weighted by Crippen LogP contribution is -2.71. The minimum Gasteiger partial charge on any atom is -0.785 e. The van der Waals surface area contributed by atoms with Crippen LogP contribution in [0.4, 0.5) is 0 Å². The molecule has 2 bridgehead atoms. The molecule has 1 aromatic rings. The van der Waals surface area contributed by atoms with E-state index in [1.165, 1.54) is 17.5 Å². The number of hydrogen-bond acceptors (Lipinski definition) is 3. The van der Waals surface area contributed by atoms with Gasteiger partial charge in [0.15, 0.2) is 0 Å². The van der Waals surface area contributed by atoms with Crippen molar-refractivity contribution in [2.45, 2.75) is 55.6 Å². The van der Waals surface area contributed by atoms with E-state index in [0.717, 1.165) is 30.7 Å². The topological polar surface area (TPSA) is 46.5 Å². The minimum absolute atomic E-state index is 0.161. The average molecular weight is 258 g/mol. The normalized spacial score (nSPS) is 41.5. The molecule has 1 saturated heterocycles. The van der Waals surface area contributed by atoms with E-state index < -0.39 is 5.60 Å². The van der Waals surface area contributed by atoms with Crippen molar-refractivity contribution >= 4 is 0 Å². The van der Waals surface area contributed by atoms with Gasteiger partial charge in [-0.25, -0.2) is 0 Å². The highest BCUT2D eigenvalue weighted by Gasteiger charge is 2.61. The molecule has 2 fully saturated rings. The summed E-state index contributed by atoms with van der Waals surface area (Å²) in [5.74, 6) is 0. The molecule has 102 valence electrons. The maximum atomic E-state index is 12.2. The molecule has 0 unspecified atom stereocenters. The van der Waals surface area contributed by atoms with E-state index >= 15 is 0 Å². The van der Waals surface area contributed by atoms with E-state index in [1.807, 2.05) is 6.07 Å². The largest absolute Gasteiger partial charge is 0.785 e. The smallest absolute Gasteiger partial charge is 0.0893 e. The standard InChI is InChI=1S/C16H20NO2/c18-16-8-4-3-7-15(16)9-10-17(19)14(16)11-12-5-1-2-6-13(12)15/h1-2,5-6,14,18H,3-4,7-11H2/q-1/t14-,15+,16-/m1/s1. The Morgan fingerprint density at radius 1 is 1.16 bits per heavy atom. The molecular formula is C16H20NO2-. The quantitative estimate of drug-likeness (QED) is 0.777. The highest BCUT2D eigenvalue weighted by atomic mass is 16.5. The zero-order valence-corrected chi connectivity index (χ0v) is 11.1. The first kappa shape index (κ1) is 11.9. The first-order valence-electron chi connectivity index (χ1n) is 7.42. The molecule has 3 heteroatoms. The Morgan fingerprint density at radius 3 is 2.84 bits per heavy atom. The van der Waals surface area contributed by atoms with Crippen LogP contribution in [0.2, 0.25) is 0 Å². The molecule has 0 aromatic heterocycles. The summed E-state index contributed by atoms with van der Waals surface area (Å²) < 4.78 is 0. The second-order valence-electron chi connectivity index (χ2n) is 6.48. The zero-order valence-electron chi connectivity index (χ0n) is 11.1.